The highest BCUT2D eigenvalue weighted by Crippen LogP contribution is 2.21. The van der Waals surface area contributed by atoms with Crippen LogP contribution in [0.5, 0.6) is 0 Å². The molecule has 0 aliphatic carbocycles. The second-order valence-corrected chi connectivity index (χ2v) is 2.83. The van der Waals surface area contributed by atoms with Crippen LogP contribution in [0.2, 0.25) is 0 Å². The SMILES string of the molecule is Cc1oc(-c2ccco2)nc1CC#N. The number of furan rings is 1. The summed E-state index contributed by atoms with van der Waals surface area (Å²) in [5, 5.41) is 8.53. The molecule has 0 aromatic carbocycles. The first-order valence-corrected chi connectivity index (χ1v) is 4.18. The van der Waals surface area contributed by atoms with Gasteiger partial charge in [-0.3, -0.25) is 0 Å². The molecule has 2 aromatic rings. The van der Waals surface area contributed by atoms with E-state index in [1.165, 1.54) is 0 Å². The molecule has 0 spiro atoms. The molecular formula is C10H8N2O2. The summed E-state index contributed by atoms with van der Waals surface area (Å²) in [4.78, 5) is 4.16. The lowest BCUT2D eigenvalue weighted by atomic mass is 10.3. The normalized spacial score (nSPS) is 10.0. The molecule has 2 rings (SSSR count). The van der Waals surface area contributed by atoms with Crippen LogP contribution in [0, 0.1) is 18.3 Å². The van der Waals surface area contributed by atoms with Gasteiger partial charge in [-0.25, -0.2) is 4.98 Å². The van der Waals surface area contributed by atoms with Crippen LogP contribution in [0.4, 0.5) is 0 Å². The van der Waals surface area contributed by atoms with Gasteiger partial charge in [-0.1, -0.05) is 0 Å². The Morgan fingerprint density at radius 3 is 3.07 bits per heavy atom. The number of aromatic nitrogens is 1. The molecule has 0 atom stereocenters. The fourth-order valence-electron chi connectivity index (χ4n) is 1.17. The van der Waals surface area contributed by atoms with Crippen molar-refractivity contribution < 1.29 is 8.83 Å². The van der Waals surface area contributed by atoms with Gasteiger partial charge < -0.3 is 8.83 Å². The summed E-state index contributed by atoms with van der Waals surface area (Å²) in [7, 11) is 0. The Labute approximate surface area is 80.8 Å². The first kappa shape index (κ1) is 8.57. The van der Waals surface area contributed by atoms with Gasteiger partial charge in [0.25, 0.3) is 5.89 Å². The van der Waals surface area contributed by atoms with Crippen molar-refractivity contribution in [3.8, 4) is 17.7 Å². The minimum Gasteiger partial charge on any atom is -0.459 e. The third-order valence-electron chi connectivity index (χ3n) is 1.87. The summed E-state index contributed by atoms with van der Waals surface area (Å²) >= 11 is 0. The minimum absolute atomic E-state index is 0.260. The fourth-order valence-corrected chi connectivity index (χ4v) is 1.17. The first-order valence-electron chi connectivity index (χ1n) is 4.18. The van der Waals surface area contributed by atoms with Crippen LogP contribution in [0.3, 0.4) is 0 Å². The maximum atomic E-state index is 8.53. The van der Waals surface area contributed by atoms with Crippen molar-refractivity contribution in [1.82, 2.24) is 4.98 Å². The number of rotatable bonds is 2. The van der Waals surface area contributed by atoms with Gasteiger partial charge in [-0.05, 0) is 19.1 Å². The molecule has 0 saturated carbocycles. The maximum absolute atomic E-state index is 8.53. The standard InChI is InChI=1S/C10H8N2O2/c1-7-8(4-5-11)12-10(14-7)9-3-2-6-13-9/h2-3,6H,4H2,1H3. The number of aryl methyl sites for hydroxylation is 1. The minimum atomic E-state index is 0.260. The van der Waals surface area contributed by atoms with E-state index in [-0.39, 0.29) is 6.42 Å². The third-order valence-corrected chi connectivity index (χ3v) is 1.87. The van der Waals surface area contributed by atoms with E-state index in [2.05, 4.69) is 4.98 Å². The molecule has 70 valence electrons. The number of hydrogen-bond donors (Lipinski definition) is 0. The molecule has 0 unspecified atom stereocenters. The lowest BCUT2D eigenvalue weighted by Gasteiger charge is -1.84. The monoisotopic (exact) mass is 188 g/mol. The Kier molecular flexibility index (Phi) is 2.07. The zero-order valence-corrected chi connectivity index (χ0v) is 7.65. The molecule has 0 N–H and O–H groups in total. The van der Waals surface area contributed by atoms with Crippen molar-refractivity contribution in [2.75, 3.05) is 0 Å². The number of oxazole rings is 1. The van der Waals surface area contributed by atoms with Crippen molar-refractivity contribution in [2.24, 2.45) is 0 Å². The van der Waals surface area contributed by atoms with Gasteiger partial charge in [0.1, 0.15) is 5.76 Å². The average Bonchev–Trinajstić information content (AvgIpc) is 2.76. The number of hydrogen-bond acceptors (Lipinski definition) is 4. The summed E-state index contributed by atoms with van der Waals surface area (Å²) in [6.07, 6.45) is 1.81. The van der Waals surface area contributed by atoms with Crippen LogP contribution in [-0.4, -0.2) is 4.98 Å². The fraction of sp³-hybridized carbons (Fsp3) is 0.200. The Balaban J connectivity index is 2.39. The van der Waals surface area contributed by atoms with Gasteiger partial charge in [-0.15, -0.1) is 0 Å². The molecule has 4 nitrogen and oxygen atoms in total. The number of nitriles is 1. The first-order chi connectivity index (χ1) is 6.81. The largest absolute Gasteiger partial charge is 0.459 e. The highest BCUT2D eigenvalue weighted by Gasteiger charge is 2.12. The lowest BCUT2D eigenvalue weighted by Crippen LogP contribution is -1.83. The van der Waals surface area contributed by atoms with Crippen LogP contribution < -0.4 is 0 Å². The maximum Gasteiger partial charge on any atom is 0.263 e. The predicted octanol–water partition coefficient (Wildman–Crippen LogP) is 2.31. The van der Waals surface area contributed by atoms with Gasteiger partial charge in [-0.2, -0.15) is 5.26 Å². The molecule has 14 heavy (non-hydrogen) atoms. The molecule has 0 amide bonds. The summed E-state index contributed by atoms with van der Waals surface area (Å²) in [5.41, 5.74) is 0.666. The Hall–Kier alpha value is -2.02. The van der Waals surface area contributed by atoms with Crippen molar-refractivity contribution in [3.05, 3.63) is 29.9 Å². The van der Waals surface area contributed by atoms with E-state index in [9.17, 15) is 0 Å². The highest BCUT2D eigenvalue weighted by atomic mass is 16.4. The van der Waals surface area contributed by atoms with Crippen LogP contribution >= 0.6 is 0 Å². The van der Waals surface area contributed by atoms with E-state index in [0.717, 1.165) is 0 Å². The number of nitrogens with zero attached hydrogens (tertiary/aromatic N) is 2. The molecule has 2 aromatic heterocycles. The molecule has 0 aliphatic rings. The Bertz CT molecular complexity index is 463. The van der Waals surface area contributed by atoms with Gasteiger partial charge in [0.15, 0.2) is 5.76 Å². The summed E-state index contributed by atoms with van der Waals surface area (Å²) in [5.74, 6) is 1.67. The Morgan fingerprint density at radius 1 is 1.57 bits per heavy atom. The zero-order chi connectivity index (χ0) is 9.97. The van der Waals surface area contributed by atoms with E-state index in [1.54, 1.807) is 25.3 Å². The van der Waals surface area contributed by atoms with E-state index < -0.39 is 0 Å². The summed E-state index contributed by atoms with van der Waals surface area (Å²) in [6.45, 7) is 1.78. The van der Waals surface area contributed by atoms with Crippen molar-refractivity contribution in [2.45, 2.75) is 13.3 Å². The smallest absolute Gasteiger partial charge is 0.263 e. The molecule has 0 saturated heterocycles. The predicted molar refractivity (Wildman–Crippen MR) is 48.3 cm³/mol. The second-order valence-electron chi connectivity index (χ2n) is 2.83. The van der Waals surface area contributed by atoms with Crippen molar-refractivity contribution in [1.29, 1.82) is 5.26 Å². The molecule has 0 fully saturated rings. The highest BCUT2D eigenvalue weighted by molar-refractivity contribution is 5.44. The third kappa shape index (κ3) is 1.40. The molecule has 4 heteroatoms. The van der Waals surface area contributed by atoms with E-state index in [4.69, 9.17) is 14.1 Å². The quantitative estimate of drug-likeness (QED) is 0.725. The molecular weight excluding hydrogens is 180 g/mol. The van der Waals surface area contributed by atoms with Gasteiger partial charge in [0.2, 0.25) is 0 Å². The van der Waals surface area contributed by atoms with E-state index in [0.29, 0.717) is 23.1 Å². The van der Waals surface area contributed by atoms with Crippen LogP contribution in [-0.2, 0) is 6.42 Å². The van der Waals surface area contributed by atoms with Crippen LogP contribution in [0.15, 0.2) is 27.2 Å². The molecule has 0 radical (unpaired) electrons. The van der Waals surface area contributed by atoms with Crippen molar-refractivity contribution in [3.63, 3.8) is 0 Å². The zero-order valence-electron chi connectivity index (χ0n) is 7.65. The van der Waals surface area contributed by atoms with Crippen LogP contribution in [0.1, 0.15) is 11.5 Å². The molecule has 0 aliphatic heterocycles. The average molecular weight is 188 g/mol. The Morgan fingerprint density at radius 2 is 2.43 bits per heavy atom. The van der Waals surface area contributed by atoms with Gasteiger partial charge in [0, 0.05) is 0 Å². The summed E-state index contributed by atoms with van der Waals surface area (Å²) < 4.78 is 10.5. The van der Waals surface area contributed by atoms with E-state index in [1.807, 2.05) is 6.07 Å². The van der Waals surface area contributed by atoms with Gasteiger partial charge >= 0.3 is 0 Å². The molecule has 0 bridgehead atoms. The van der Waals surface area contributed by atoms with E-state index >= 15 is 0 Å². The molecule has 2 heterocycles. The topological polar surface area (TPSA) is 63.0 Å². The van der Waals surface area contributed by atoms with Crippen LogP contribution in [0.25, 0.3) is 11.7 Å². The second kappa shape index (κ2) is 3.38. The summed E-state index contributed by atoms with van der Waals surface area (Å²) in [6, 6.07) is 5.56. The van der Waals surface area contributed by atoms with Crippen molar-refractivity contribution >= 4 is 0 Å². The lowest BCUT2D eigenvalue weighted by molar-refractivity contribution is 0.500. The van der Waals surface area contributed by atoms with Gasteiger partial charge in [0.05, 0.1) is 24.4 Å².